The van der Waals surface area contributed by atoms with Crippen molar-refractivity contribution in [3.05, 3.63) is 42.5 Å². The minimum Gasteiger partial charge on any atom is -0.465 e. The topological polar surface area (TPSA) is 113 Å². The number of amides is 2. The number of nitrogens with one attached hydrogen (secondary N) is 1. The summed E-state index contributed by atoms with van der Waals surface area (Å²) >= 11 is 0. The fraction of sp³-hybridized carbons (Fsp3) is 0.417. The van der Waals surface area contributed by atoms with Gasteiger partial charge in [-0.25, -0.2) is 17.5 Å². The standard InChI is InChI=1S/C24H31N5O5S/c1-16-23(30)27(4)21-9-8-18(25-17-6-5-7-20(14-17)35(33,34)26(2)3)15-22(21)29(16)19-10-12-28(13-11-19)24(31)32/h5-9,14-16,19,25H,10-13H2,1-4H3,(H,31,32)/t16-/m1/s1. The molecule has 0 radical (unpaired) electrons. The van der Waals surface area contributed by atoms with Crippen molar-refractivity contribution in [1.29, 1.82) is 0 Å². The lowest BCUT2D eigenvalue weighted by Crippen LogP contribution is -2.57. The molecule has 1 atom stereocenters. The summed E-state index contributed by atoms with van der Waals surface area (Å²) in [4.78, 5) is 29.7. The number of piperidine rings is 1. The van der Waals surface area contributed by atoms with Gasteiger partial charge in [-0.2, -0.15) is 0 Å². The monoisotopic (exact) mass is 501 g/mol. The van der Waals surface area contributed by atoms with Gasteiger partial charge in [0.05, 0.1) is 16.3 Å². The number of rotatable bonds is 5. The van der Waals surface area contributed by atoms with E-state index in [0.717, 1.165) is 17.1 Å². The van der Waals surface area contributed by atoms with E-state index in [2.05, 4.69) is 10.2 Å². The van der Waals surface area contributed by atoms with Gasteiger partial charge in [-0.05, 0) is 56.2 Å². The van der Waals surface area contributed by atoms with Gasteiger partial charge in [-0.15, -0.1) is 0 Å². The number of likely N-dealkylation sites (tertiary alicyclic amines) is 1. The molecule has 1 fully saturated rings. The molecule has 35 heavy (non-hydrogen) atoms. The first-order chi connectivity index (χ1) is 16.5. The molecule has 0 bridgehead atoms. The predicted octanol–water partition coefficient (Wildman–Crippen LogP) is 2.99. The van der Waals surface area contributed by atoms with Crippen molar-refractivity contribution in [2.45, 2.75) is 36.7 Å². The number of nitrogens with zero attached hydrogens (tertiary/aromatic N) is 4. The molecule has 4 rings (SSSR count). The Morgan fingerprint density at radius 3 is 2.34 bits per heavy atom. The molecule has 10 nitrogen and oxygen atoms in total. The Bertz CT molecular complexity index is 1240. The molecule has 0 saturated carbocycles. The summed E-state index contributed by atoms with van der Waals surface area (Å²) in [6.07, 6.45) is 0.348. The van der Waals surface area contributed by atoms with Crippen molar-refractivity contribution in [2.75, 3.05) is 49.3 Å². The van der Waals surface area contributed by atoms with Crippen molar-refractivity contribution in [2.24, 2.45) is 0 Å². The Hall–Kier alpha value is -3.31. The van der Waals surface area contributed by atoms with E-state index >= 15 is 0 Å². The van der Waals surface area contributed by atoms with E-state index < -0.39 is 22.2 Å². The van der Waals surface area contributed by atoms with Crippen LogP contribution in [0.4, 0.5) is 27.5 Å². The minimum atomic E-state index is -3.57. The van der Waals surface area contributed by atoms with Gasteiger partial charge in [-0.3, -0.25) is 4.79 Å². The van der Waals surface area contributed by atoms with Crippen LogP contribution in [0.3, 0.4) is 0 Å². The molecule has 2 aromatic carbocycles. The van der Waals surface area contributed by atoms with E-state index in [-0.39, 0.29) is 16.8 Å². The first-order valence-electron chi connectivity index (χ1n) is 11.5. The molecule has 0 unspecified atom stereocenters. The lowest BCUT2D eigenvalue weighted by molar-refractivity contribution is -0.119. The first-order valence-corrected chi connectivity index (χ1v) is 12.9. The Morgan fingerprint density at radius 1 is 1.06 bits per heavy atom. The highest BCUT2D eigenvalue weighted by molar-refractivity contribution is 7.89. The second kappa shape index (κ2) is 9.38. The van der Waals surface area contributed by atoms with Crippen LogP contribution in [0.2, 0.25) is 0 Å². The van der Waals surface area contributed by atoms with Crippen molar-refractivity contribution >= 4 is 44.8 Å². The van der Waals surface area contributed by atoms with Crippen LogP contribution >= 0.6 is 0 Å². The smallest absolute Gasteiger partial charge is 0.407 e. The summed E-state index contributed by atoms with van der Waals surface area (Å²) in [7, 11) is 1.18. The highest BCUT2D eigenvalue weighted by Crippen LogP contribution is 2.41. The van der Waals surface area contributed by atoms with Crippen LogP contribution in [0.25, 0.3) is 0 Å². The fourth-order valence-electron chi connectivity index (χ4n) is 4.78. The average Bonchev–Trinajstić information content (AvgIpc) is 2.83. The molecule has 2 aliphatic rings. The highest BCUT2D eigenvalue weighted by Gasteiger charge is 2.39. The number of benzene rings is 2. The van der Waals surface area contributed by atoms with Gasteiger partial charge < -0.3 is 25.1 Å². The number of anilines is 4. The predicted molar refractivity (Wildman–Crippen MR) is 135 cm³/mol. The molecule has 188 valence electrons. The molecule has 2 aliphatic heterocycles. The van der Waals surface area contributed by atoms with E-state index in [4.69, 9.17) is 0 Å². The third-order valence-corrected chi connectivity index (χ3v) is 8.56. The van der Waals surface area contributed by atoms with Crippen LogP contribution in [0, 0.1) is 0 Å². The summed E-state index contributed by atoms with van der Waals surface area (Å²) < 4.78 is 26.2. The summed E-state index contributed by atoms with van der Waals surface area (Å²) in [5, 5.41) is 12.6. The Labute approximate surface area is 205 Å². The van der Waals surface area contributed by atoms with E-state index in [1.807, 2.05) is 25.1 Å². The summed E-state index contributed by atoms with van der Waals surface area (Å²) in [5.74, 6) is -0.0135. The number of likely N-dealkylation sites (N-methyl/N-ethyl adjacent to an activating group) is 1. The quantitative estimate of drug-likeness (QED) is 0.647. The van der Waals surface area contributed by atoms with Crippen LogP contribution in [0.5, 0.6) is 0 Å². The number of fused-ring (bicyclic) bond motifs is 1. The number of carbonyl (C=O) groups is 2. The zero-order valence-corrected chi connectivity index (χ0v) is 21.1. The van der Waals surface area contributed by atoms with Gasteiger partial charge in [-0.1, -0.05) is 6.07 Å². The van der Waals surface area contributed by atoms with Crippen LogP contribution < -0.4 is 15.1 Å². The molecule has 0 aliphatic carbocycles. The summed E-state index contributed by atoms with van der Waals surface area (Å²) in [5.41, 5.74) is 3.05. The number of sulfonamides is 1. The number of carboxylic acid groups (broad SMARTS) is 1. The largest absolute Gasteiger partial charge is 0.465 e. The van der Waals surface area contributed by atoms with Gasteiger partial charge in [0, 0.05) is 51.6 Å². The summed E-state index contributed by atoms with van der Waals surface area (Å²) in [6, 6.07) is 12.0. The molecular formula is C24H31N5O5S. The van der Waals surface area contributed by atoms with E-state index in [0.29, 0.717) is 31.6 Å². The molecular weight excluding hydrogens is 470 g/mol. The number of carbonyl (C=O) groups excluding carboxylic acids is 1. The normalized spacial score (nSPS) is 19.2. The highest BCUT2D eigenvalue weighted by atomic mass is 32.2. The molecule has 2 aromatic rings. The van der Waals surface area contributed by atoms with Crippen LogP contribution in [0.15, 0.2) is 47.4 Å². The zero-order valence-electron chi connectivity index (χ0n) is 20.3. The van der Waals surface area contributed by atoms with Crippen LogP contribution in [-0.2, 0) is 14.8 Å². The SMILES string of the molecule is C[C@@H]1C(=O)N(C)c2ccc(Nc3cccc(S(=O)(=O)N(C)C)c3)cc2N1C1CCN(C(=O)O)CC1. The van der Waals surface area contributed by atoms with Gasteiger partial charge in [0.25, 0.3) is 0 Å². The van der Waals surface area contributed by atoms with Gasteiger partial charge >= 0.3 is 6.09 Å². The van der Waals surface area contributed by atoms with Gasteiger partial charge in [0.1, 0.15) is 6.04 Å². The second-order valence-electron chi connectivity index (χ2n) is 9.13. The van der Waals surface area contributed by atoms with E-state index in [1.54, 1.807) is 36.2 Å². The molecule has 2 N–H and O–H groups in total. The molecule has 0 aromatic heterocycles. The molecule has 2 amide bonds. The third kappa shape index (κ3) is 4.65. The maximum absolute atomic E-state index is 13.0. The first kappa shape index (κ1) is 24.8. The van der Waals surface area contributed by atoms with E-state index in [1.165, 1.54) is 23.3 Å². The second-order valence-corrected chi connectivity index (χ2v) is 11.3. The number of hydrogen-bond acceptors (Lipinski definition) is 6. The lowest BCUT2D eigenvalue weighted by atomic mass is 9.97. The van der Waals surface area contributed by atoms with Crippen molar-refractivity contribution < 1.29 is 23.1 Å². The molecule has 1 saturated heterocycles. The van der Waals surface area contributed by atoms with Gasteiger partial charge in [0.15, 0.2) is 0 Å². The average molecular weight is 502 g/mol. The van der Waals surface area contributed by atoms with Crippen LogP contribution in [-0.4, -0.2) is 81.0 Å². The lowest BCUT2D eigenvalue weighted by Gasteiger charge is -2.46. The molecule has 2 heterocycles. The van der Waals surface area contributed by atoms with Crippen molar-refractivity contribution in [3.63, 3.8) is 0 Å². The maximum atomic E-state index is 13.0. The molecule has 11 heteroatoms. The van der Waals surface area contributed by atoms with Crippen molar-refractivity contribution in [3.8, 4) is 0 Å². The fourth-order valence-corrected chi connectivity index (χ4v) is 5.73. The Morgan fingerprint density at radius 2 is 1.71 bits per heavy atom. The third-order valence-electron chi connectivity index (χ3n) is 6.75. The van der Waals surface area contributed by atoms with E-state index in [9.17, 15) is 23.1 Å². The maximum Gasteiger partial charge on any atom is 0.407 e. The summed E-state index contributed by atoms with van der Waals surface area (Å²) in [6.45, 7) is 2.72. The minimum absolute atomic E-state index is 0.0135. The number of hydrogen-bond donors (Lipinski definition) is 2. The Balaban J connectivity index is 1.65. The molecule has 0 spiro atoms. The van der Waals surface area contributed by atoms with Crippen LogP contribution in [0.1, 0.15) is 19.8 Å². The van der Waals surface area contributed by atoms with Crippen molar-refractivity contribution in [1.82, 2.24) is 9.21 Å². The zero-order chi connectivity index (χ0) is 25.5. The van der Waals surface area contributed by atoms with Gasteiger partial charge in [0.2, 0.25) is 15.9 Å². The Kier molecular flexibility index (Phi) is 6.65.